The van der Waals surface area contributed by atoms with Gasteiger partial charge in [0.05, 0.1) is 17.5 Å². The Bertz CT molecular complexity index is 709. The first kappa shape index (κ1) is 11.2. The van der Waals surface area contributed by atoms with Gasteiger partial charge in [0.2, 0.25) is 5.95 Å². The second-order valence-electron chi connectivity index (χ2n) is 3.95. The summed E-state index contributed by atoms with van der Waals surface area (Å²) in [6.07, 6.45) is 0.256. The highest BCUT2D eigenvalue weighted by Gasteiger charge is 2.09. The first-order chi connectivity index (χ1) is 9.22. The minimum Gasteiger partial charge on any atom is -0.387 e. The topological polar surface area (TPSA) is 132 Å². The Hall–Kier alpha value is -2.90. The minimum atomic E-state index is 0.211. The number of hydrogen-bond donors (Lipinski definition) is 3. The van der Waals surface area contributed by atoms with Gasteiger partial charge >= 0.3 is 0 Å². The maximum Gasteiger partial charge on any atom is 0.229 e. The van der Waals surface area contributed by atoms with Crippen LogP contribution in [0, 0.1) is 0 Å². The van der Waals surface area contributed by atoms with E-state index in [4.69, 9.17) is 11.5 Å². The van der Waals surface area contributed by atoms with Gasteiger partial charge < -0.3 is 16.5 Å². The van der Waals surface area contributed by atoms with Gasteiger partial charge in [-0.3, -0.25) is 0 Å². The fourth-order valence-corrected chi connectivity index (χ4v) is 1.68. The van der Waals surface area contributed by atoms with Crippen LogP contribution in [0.5, 0.6) is 0 Å². The molecule has 1 aromatic carbocycles. The van der Waals surface area contributed by atoms with E-state index in [-0.39, 0.29) is 12.2 Å². The average Bonchev–Trinajstić information content (AvgIpc) is 2.95. The van der Waals surface area contributed by atoms with Crippen LogP contribution in [0.15, 0.2) is 33.9 Å². The molecule has 8 nitrogen and oxygen atoms in total. The number of nitrogen functional groups attached to an aromatic ring is 1. The van der Waals surface area contributed by atoms with E-state index < -0.39 is 0 Å². The number of amidine groups is 1. The third kappa shape index (κ3) is 2.23. The highest BCUT2D eigenvalue weighted by atomic mass is 16.6. The van der Waals surface area contributed by atoms with Crippen molar-refractivity contribution in [2.24, 2.45) is 10.7 Å². The van der Waals surface area contributed by atoms with Crippen LogP contribution in [0.4, 0.5) is 11.8 Å². The zero-order valence-electron chi connectivity index (χ0n) is 9.87. The Kier molecular flexibility index (Phi) is 2.60. The van der Waals surface area contributed by atoms with E-state index in [1.54, 1.807) is 0 Å². The lowest BCUT2D eigenvalue weighted by molar-refractivity contribution is 0.305. The second kappa shape index (κ2) is 4.41. The molecule has 0 atom stereocenters. The predicted molar refractivity (Wildman–Crippen MR) is 69.8 cm³/mol. The molecule has 5 N–H and O–H groups in total. The number of aromatic nitrogens is 4. The van der Waals surface area contributed by atoms with E-state index in [0.717, 1.165) is 11.0 Å². The molecular weight excluding hydrogens is 246 g/mol. The van der Waals surface area contributed by atoms with Gasteiger partial charge in [0.1, 0.15) is 11.5 Å². The number of fused-ring (bicyclic) bond motifs is 1. The predicted octanol–water partition coefficient (Wildman–Crippen LogP) is 0.759. The molecule has 0 fully saturated rings. The summed E-state index contributed by atoms with van der Waals surface area (Å²) in [4.78, 5) is 11.5. The molecule has 0 saturated heterocycles. The van der Waals surface area contributed by atoms with Gasteiger partial charge in [-0.2, -0.15) is 4.99 Å². The Morgan fingerprint density at radius 1 is 1.32 bits per heavy atom. The number of H-pyrrole nitrogens is 1. The highest BCUT2D eigenvalue weighted by molar-refractivity contribution is 5.86. The van der Waals surface area contributed by atoms with E-state index in [2.05, 4.69) is 29.9 Å². The molecule has 96 valence electrons. The molecule has 0 spiro atoms. The van der Waals surface area contributed by atoms with E-state index in [0.29, 0.717) is 17.5 Å². The van der Waals surface area contributed by atoms with Crippen LogP contribution in [0.2, 0.25) is 0 Å². The van der Waals surface area contributed by atoms with Crippen LogP contribution in [0.1, 0.15) is 5.69 Å². The van der Waals surface area contributed by atoms with Crippen molar-refractivity contribution in [3.63, 3.8) is 0 Å². The Morgan fingerprint density at radius 3 is 2.89 bits per heavy atom. The largest absolute Gasteiger partial charge is 0.387 e. The number of para-hydroxylation sites is 2. The van der Waals surface area contributed by atoms with Gasteiger partial charge in [-0.25, -0.2) is 9.61 Å². The zero-order chi connectivity index (χ0) is 13.2. The summed E-state index contributed by atoms with van der Waals surface area (Å²) < 4.78 is 4.49. The lowest BCUT2D eigenvalue weighted by Gasteiger charge is -1.95. The lowest BCUT2D eigenvalue weighted by Crippen LogP contribution is -2.15. The molecule has 0 aliphatic heterocycles. The van der Waals surface area contributed by atoms with E-state index in [1.807, 2.05) is 24.3 Å². The van der Waals surface area contributed by atoms with Gasteiger partial charge in [0.15, 0.2) is 5.82 Å². The van der Waals surface area contributed by atoms with Crippen LogP contribution in [0.3, 0.4) is 0 Å². The van der Waals surface area contributed by atoms with E-state index in [1.165, 1.54) is 0 Å². The Labute approximate surface area is 107 Å². The summed E-state index contributed by atoms with van der Waals surface area (Å²) in [6.45, 7) is 0. The number of nitrogens with one attached hydrogen (secondary N) is 1. The molecule has 0 saturated carbocycles. The van der Waals surface area contributed by atoms with Gasteiger partial charge in [-0.15, -0.1) is 0 Å². The van der Waals surface area contributed by atoms with Crippen LogP contribution >= 0.6 is 0 Å². The standard InChI is InChI=1S/C11H11N7O/c12-9(5-8-10(13)18-19-17-8)16-11-14-6-3-1-2-4-7(6)15-11/h1-4H,5H2,(H2,13,18)(H3,12,14,15,16). The molecule has 0 amide bonds. The van der Waals surface area contributed by atoms with Crippen molar-refractivity contribution < 1.29 is 4.63 Å². The summed E-state index contributed by atoms with van der Waals surface area (Å²) in [5, 5.41) is 7.11. The van der Waals surface area contributed by atoms with Gasteiger partial charge in [-0.05, 0) is 17.3 Å². The molecule has 2 aromatic heterocycles. The summed E-state index contributed by atoms with van der Waals surface area (Å²) in [5.41, 5.74) is 13.5. The number of nitrogens with zero attached hydrogens (tertiary/aromatic N) is 4. The molecule has 0 aliphatic carbocycles. The van der Waals surface area contributed by atoms with Gasteiger partial charge in [0, 0.05) is 0 Å². The SMILES string of the molecule is NC(Cc1nonc1N)=Nc1nc2ccccc2[nH]1. The third-order valence-corrected chi connectivity index (χ3v) is 2.56. The van der Waals surface area contributed by atoms with E-state index >= 15 is 0 Å². The lowest BCUT2D eigenvalue weighted by atomic mass is 10.3. The Morgan fingerprint density at radius 2 is 2.16 bits per heavy atom. The van der Waals surface area contributed by atoms with Crippen molar-refractivity contribution in [1.29, 1.82) is 0 Å². The number of aromatic amines is 1. The summed E-state index contributed by atoms with van der Waals surface area (Å²) in [5.74, 6) is 0.970. The van der Waals surface area contributed by atoms with Crippen LogP contribution in [0.25, 0.3) is 11.0 Å². The van der Waals surface area contributed by atoms with Crippen molar-refractivity contribution in [3.05, 3.63) is 30.0 Å². The zero-order valence-corrected chi connectivity index (χ0v) is 9.87. The fourth-order valence-electron chi connectivity index (χ4n) is 1.68. The number of nitrogens with two attached hydrogens (primary N) is 2. The van der Waals surface area contributed by atoms with Crippen molar-refractivity contribution in [3.8, 4) is 0 Å². The van der Waals surface area contributed by atoms with Gasteiger partial charge in [0.25, 0.3) is 0 Å². The average molecular weight is 257 g/mol. The van der Waals surface area contributed by atoms with Crippen molar-refractivity contribution in [1.82, 2.24) is 20.3 Å². The van der Waals surface area contributed by atoms with Crippen molar-refractivity contribution >= 4 is 28.6 Å². The second-order valence-corrected chi connectivity index (χ2v) is 3.95. The van der Waals surface area contributed by atoms with Gasteiger partial charge in [-0.1, -0.05) is 17.3 Å². The summed E-state index contributed by atoms with van der Waals surface area (Å²) in [7, 11) is 0. The minimum absolute atomic E-state index is 0.211. The number of anilines is 1. The van der Waals surface area contributed by atoms with Crippen molar-refractivity contribution in [2.75, 3.05) is 5.73 Å². The molecule has 0 unspecified atom stereocenters. The molecule has 19 heavy (non-hydrogen) atoms. The van der Waals surface area contributed by atoms with Crippen LogP contribution in [-0.4, -0.2) is 26.1 Å². The molecule has 2 heterocycles. The summed E-state index contributed by atoms with van der Waals surface area (Å²) >= 11 is 0. The summed E-state index contributed by atoms with van der Waals surface area (Å²) in [6, 6.07) is 7.62. The molecule has 0 radical (unpaired) electrons. The quantitative estimate of drug-likeness (QED) is 0.468. The monoisotopic (exact) mass is 257 g/mol. The smallest absolute Gasteiger partial charge is 0.229 e. The van der Waals surface area contributed by atoms with Crippen LogP contribution in [-0.2, 0) is 6.42 Å². The number of rotatable bonds is 3. The molecule has 3 rings (SSSR count). The normalized spacial score (nSPS) is 12.1. The number of imidazole rings is 1. The highest BCUT2D eigenvalue weighted by Crippen LogP contribution is 2.15. The molecule has 8 heteroatoms. The van der Waals surface area contributed by atoms with Crippen LogP contribution < -0.4 is 11.5 Å². The molecule has 3 aromatic rings. The molecule has 0 aliphatic rings. The van der Waals surface area contributed by atoms with Crippen molar-refractivity contribution in [2.45, 2.75) is 6.42 Å². The number of benzene rings is 1. The number of hydrogen-bond acceptors (Lipinski definition) is 6. The molecule has 0 bridgehead atoms. The Balaban J connectivity index is 1.86. The maximum atomic E-state index is 5.81. The third-order valence-electron chi connectivity index (χ3n) is 2.56. The first-order valence-electron chi connectivity index (χ1n) is 5.57. The maximum absolute atomic E-state index is 5.81. The molecular formula is C11H11N7O. The van der Waals surface area contributed by atoms with E-state index in [9.17, 15) is 0 Å². The first-order valence-corrected chi connectivity index (χ1v) is 5.57. The number of aliphatic imine (C=N–C) groups is 1. The fraction of sp³-hybridized carbons (Fsp3) is 0.0909.